The summed E-state index contributed by atoms with van der Waals surface area (Å²) in [5.41, 5.74) is 5.48. The molecule has 146 valence electrons. The molecule has 0 saturated heterocycles. The number of nitrogens with one attached hydrogen (secondary N) is 1. The second kappa shape index (κ2) is 8.60. The van der Waals surface area contributed by atoms with E-state index in [-0.39, 0.29) is 5.91 Å². The van der Waals surface area contributed by atoms with Gasteiger partial charge in [-0.25, -0.2) is 9.50 Å². The highest BCUT2D eigenvalue weighted by Crippen LogP contribution is 2.16. The highest BCUT2D eigenvalue weighted by atomic mass is 16.1. The Hall–Kier alpha value is -3.61. The number of fused-ring (bicyclic) bond motifs is 1. The van der Waals surface area contributed by atoms with E-state index in [1.165, 1.54) is 0 Å². The summed E-state index contributed by atoms with van der Waals surface area (Å²) in [4.78, 5) is 25.2. The molecule has 4 rings (SSSR count). The minimum absolute atomic E-state index is 0.0233. The highest BCUT2D eigenvalue weighted by Gasteiger charge is 2.07. The average molecular weight is 386 g/mol. The number of pyridine rings is 2. The molecule has 0 bridgehead atoms. The summed E-state index contributed by atoms with van der Waals surface area (Å²) >= 11 is 0. The fraction of sp³-hybridized carbons (Fsp3) is 0.227. The molecule has 0 saturated carbocycles. The molecule has 1 amide bonds. The molecular formula is C22H22N6O. The van der Waals surface area contributed by atoms with Gasteiger partial charge >= 0.3 is 0 Å². The van der Waals surface area contributed by atoms with Crippen LogP contribution in [-0.2, 0) is 17.6 Å². The number of hydrogen-bond acceptors (Lipinski definition) is 5. The van der Waals surface area contributed by atoms with Gasteiger partial charge in [0, 0.05) is 61.0 Å². The van der Waals surface area contributed by atoms with Gasteiger partial charge in [-0.05, 0) is 43.7 Å². The largest absolute Gasteiger partial charge is 0.356 e. The van der Waals surface area contributed by atoms with E-state index in [2.05, 4.69) is 25.4 Å². The quantitative estimate of drug-likeness (QED) is 0.528. The number of amides is 1. The lowest BCUT2D eigenvalue weighted by atomic mass is 10.2. The van der Waals surface area contributed by atoms with Gasteiger partial charge in [0.25, 0.3) is 0 Å². The van der Waals surface area contributed by atoms with Crippen LogP contribution < -0.4 is 5.32 Å². The molecule has 1 N–H and O–H groups in total. The third kappa shape index (κ3) is 4.82. The Kier molecular flexibility index (Phi) is 5.56. The number of carbonyl (C=O) groups excluding carboxylic acids is 1. The first-order valence-electron chi connectivity index (χ1n) is 9.62. The Morgan fingerprint density at radius 3 is 2.72 bits per heavy atom. The first kappa shape index (κ1) is 18.7. The zero-order chi connectivity index (χ0) is 20.1. The zero-order valence-electron chi connectivity index (χ0n) is 16.2. The van der Waals surface area contributed by atoms with Crippen LogP contribution in [0.25, 0.3) is 16.9 Å². The van der Waals surface area contributed by atoms with Gasteiger partial charge in [0.15, 0.2) is 5.65 Å². The second-order valence-corrected chi connectivity index (χ2v) is 6.86. The number of aryl methyl sites for hydroxylation is 2. The molecule has 0 aliphatic heterocycles. The van der Waals surface area contributed by atoms with Gasteiger partial charge in [-0.3, -0.25) is 14.8 Å². The van der Waals surface area contributed by atoms with Crippen molar-refractivity contribution in [3.05, 3.63) is 78.1 Å². The van der Waals surface area contributed by atoms with Crippen LogP contribution in [0.2, 0.25) is 0 Å². The third-order valence-electron chi connectivity index (χ3n) is 4.61. The molecule has 4 heterocycles. The Morgan fingerprint density at radius 1 is 1.03 bits per heavy atom. The van der Waals surface area contributed by atoms with Crippen molar-refractivity contribution in [1.29, 1.82) is 0 Å². The molecule has 0 unspecified atom stereocenters. The summed E-state index contributed by atoms with van der Waals surface area (Å²) in [5.74, 6) is 0.0233. The lowest BCUT2D eigenvalue weighted by Crippen LogP contribution is -2.26. The van der Waals surface area contributed by atoms with Gasteiger partial charge < -0.3 is 5.32 Å². The van der Waals surface area contributed by atoms with Crippen molar-refractivity contribution in [1.82, 2.24) is 29.9 Å². The maximum absolute atomic E-state index is 12.1. The highest BCUT2D eigenvalue weighted by molar-refractivity contribution is 5.76. The fourth-order valence-corrected chi connectivity index (χ4v) is 3.13. The van der Waals surface area contributed by atoms with Gasteiger partial charge in [-0.15, -0.1) is 0 Å². The molecule has 0 aromatic carbocycles. The average Bonchev–Trinajstić information content (AvgIpc) is 3.15. The van der Waals surface area contributed by atoms with Crippen LogP contribution in [0.15, 0.2) is 61.1 Å². The van der Waals surface area contributed by atoms with Crippen LogP contribution in [0.1, 0.15) is 23.5 Å². The van der Waals surface area contributed by atoms with Crippen molar-refractivity contribution in [3.8, 4) is 11.3 Å². The van der Waals surface area contributed by atoms with Crippen molar-refractivity contribution in [2.75, 3.05) is 6.54 Å². The topological polar surface area (TPSA) is 85.1 Å². The molecule has 0 radical (unpaired) electrons. The van der Waals surface area contributed by atoms with Crippen LogP contribution >= 0.6 is 0 Å². The van der Waals surface area contributed by atoms with Gasteiger partial charge in [-0.1, -0.05) is 6.07 Å². The van der Waals surface area contributed by atoms with E-state index in [0.29, 0.717) is 25.8 Å². The van der Waals surface area contributed by atoms with Gasteiger partial charge in [-0.2, -0.15) is 5.10 Å². The number of aromatic nitrogens is 5. The van der Waals surface area contributed by atoms with Crippen LogP contribution in [0, 0.1) is 6.92 Å². The molecule has 7 heteroatoms. The first-order chi connectivity index (χ1) is 14.2. The summed E-state index contributed by atoms with van der Waals surface area (Å²) < 4.78 is 1.76. The number of nitrogens with zero attached hydrogens (tertiary/aromatic N) is 5. The third-order valence-corrected chi connectivity index (χ3v) is 4.61. The second-order valence-electron chi connectivity index (χ2n) is 6.86. The van der Waals surface area contributed by atoms with Crippen LogP contribution in [-0.4, -0.2) is 37.0 Å². The molecule has 0 fully saturated rings. The predicted octanol–water partition coefficient (Wildman–Crippen LogP) is 2.79. The standard InChI is InChI=1S/C22H22N6O/c1-16-3-2-4-18(25-16)5-6-22(29)24-13-9-19-15-21-26-20(10-14-28(21)27-19)17-7-11-23-12-8-17/h2-4,7-8,10-12,14-15H,5-6,9,13H2,1H3,(H,24,29). The molecule has 0 aliphatic rings. The molecule has 0 aliphatic carbocycles. The summed E-state index contributed by atoms with van der Waals surface area (Å²) in [5, 5.41) is 7.48. The number of carbonyl (C=O) groups is 1. The van der Waals surface area contributed by atoms with Crippen molar-refractivity contribution in [3.63, 3.8) is 0 Å². The molecule has 7 nitrogen and oxygen atoms in total. The molecule has 4 aromatic heterocycles. The SMILES string of the molecule is Cc1cccc(CCC(=O)NCCc2cc3nc(-c4ccncc4)ccn3n2)n1. The van der Waals surface area contributed by atoms with Crippen LogP contribution in [0.4, 0.5) is 0 Å². The monoisotopic (exact) mass is 386 g/mol. The molecular weight excluding hydrogens is 364 g/mol. The predicted molar refractivity (Wildman–Crippen MR) is 110 cm³/mol. The molecule has 4 aromatic rings. The Bertz CT molecular complexity index is 1120. The Labute approximate surface area is 168 Å². The van der Waals surface area contributed by atoms with Crippen molar-refractivity contribution in [2.24, 2.45) is 0 Å². The van der Waals surface area contributed by atoms with E-state index in [0.717, 1.165) is 34.0 Å². The van der Waals surface area contributed by atoms with Crippen molar-refractivity contribution in [2.45, 2.75) is 26.2 Å². The fourth-order valence-electron chi connectivity index (χ4n) is 3.13. The van der Waals surface area contributed by atoms with E-state index in [9.17, 15) is 4.79 Å². The molecule has 0 atom stereocenters. The summed E-state index contributed by atoms with van der Waals surface area (Å²) in [7, 11) is 0. The van der Waals surface area contributed by atoms with Crippen molar-refractivity contribution >= 4 is 11.6 Å². The van der Waals surface area contributed by atoms with Gasteiger partial charge in [0.05, 0.1) is 11.4 Å². The van der Waals surface area contributed by atoms with E-state index in [1.54, 1.807) is 16.9 Å². The lowest BCUT2D eigenvalue weighted by molar-refractivity contribution is -0.121. The minimum atomic E-state index is 0.0233. The van der Waals surface area contributed by atoms with Crippen molar-refractivity contribution < 1.29 is 4.79 Å². The lowest BCUT2D eigenvalue weighted by Gasteiger charge is -2.04. The van der Waals surface area contributed by atoms with Gasteiger partial charge in [0.2, 0.25) is 5.91 Å². The normalized spacial score (nSPS) is 10.9. The Balaban J connectivity index is 1.31. The van der Waals surface area contributed by atoms with E-state index >= 15 is 0 Å². The Morgan fingerprint density at radius 2 is 1.90 bits per heavy atom. The van der Waals surface area contributed by atoms with E-state index in [4.69, 9.17) is 0 Å². The van der Waals surface area contributed by atoms with E-state index < -0.39 is 0 Å². The maximum Gasteiger partial charge on any atom is 0.220 e. The maximum atomic E-state index is 12.1. The summed E-state index contributed by atoms with van der Waals surface area (Å²) in [6.45, 7) is 2.49. The summed E-state index contributed by atoms with van der Waals surface area (Å²) in [6.07, 6.45) is 7.13. The van der Waals surface area contributed by atoms with Crippen LogP contribution in [0.3, 0.4) is 0 Å². The van der Waals surface area contributed by atoms with E-state index in [1.807, 2.05) is 55.6 Å². The minimum Gasteiger partial charge on any atom is -0.356 e. The smallest absolute Gasteiger partial charge is 0.220 e. The summed E-state index contributed by atoms with van der Waals surface area (Å²) in [6, 6.07) is 13.6. The van der Waals surface area contributed by atoms with Gasteiger partial charge in [0.1, 0.15) is 0 Å². The number of rotatable bonds is 7. The number of hydrogen-bond donors (Lipinski definition) is 1. The molecule has 0 spiro atoms. The van der Waals surface area contributed by atoms with Crippen LogP contribution in [0.5, 0.6) is 0 Å². The zero-order valence-corrected chi connectivity index (χ0v) is 16.2. The molecule has 29 heavy (non-hydrogen) atoms. The first-order valence-corrected chi connectivity index (χ1v) is 9.62.